The van der Waals surface area contributed by atoms with Crippen LogP contribution in [0.4, 0.5) is 18.3 Å². The molecular formula is C10H7F3N2OS. The Kier molecular flexibility index (Phi) is 2.78. The summed E-state index contributed by atoms with van der Waals surface area (Å²) < 4.78 is 36.8. The van der Waals surface area contributed by atoms with Crippen LogP contribution in [0, 0.1) is 6.92 Å². The molecule has 0 radical (unpaired) electrons. The number of nitrogens with one attached hydrogen (secondary N) is 1. The van der Waals surface area contributed by atoms with Crippen molar-refractivity contribution in [1.82, 2.24) is 4.98 Å². The van der Waals surface area contributed by atoms with Crippen molar-refractivity contribution < 1.29 is 18.0 Å². The van der Waals surface area contributed by atoms with Gasteiger partial charge in [-0.05, 0) is 18.6 Å². The van der Waals surface area contributed by atoms with Gasteiger partial charge in [-0.1, -0.05) is 23.5 Å². The fraction of sp³-hybridized carbons (Fsp3) is 0.200. The van der Waals surface area contributed by atoms with E-state index >= 15 is 0 Å². The van der Waals surface area contributed by atoms with Gasteiger partial charge in [0.1, 0.15) is 0 Å². The SMILES string of the molecule is Cc1cccc2sc(NC(=O)C(F)(F)F)nc12. The van der Waals surface area contributed by atoms with Crippen LogP contribution in [-0.2, 0) is 4.79 Å². The van der Waals surface area contributed by atoms with Crippen molar-refractivity contribution >= 4 is 32.6 Å². The highest BCUT2D eigenvalue weighted by atomic mass is 32.1. The van der Waals surface area contributed by atoms with E-state index in [4.69, 9.17) is 0 Å². The number of carbonyl (C=O) groups excluding carboxylic acids is 1. The molecule has 0 fully saturated rings. The van der Waals surface area contributed by atoms with Gasteiger partial charge in [-0.15, -0.1) is 0 Å². The number of amides is 1. The Bertz CT molecular complexity index is 576. The molecule has 0 aliphatic rings. The van der Waals surface area contributed by atoms with Gasteiger partial charge in [0.05, 0.1) is 10.2 Å². The molecule has 0 spiro atoms. The Labute approximate surface area is 98.3 Å². The fourth-order valence-corrected chi connectivity index (χ4v) is 2.25. The summed E-state index contributed by atoms with van der Waals surface area (Å²) in [6.07, 6.45) is -4.90. The third kappa shape index (κ3) is 2.38. The number of benzene rings is 1. The van der Waals surface area contributed by atoms with Gasteiger partial charge in [0, 0.05) is 0 Å². The van der Waals surface area contributed by atoms with Crippen molar-refractivity contribution in [3.63, 3.8) is 0 Å². The lowest BCUT2D eigenvalue weighted by molar-refractivity contribution is -0.167. The standard InChI is InChI=1S/C10H7F3N2OS/c1-5-3-2-4-6-7(5)14-9(17-6)15-8(16)10(11,12)13/h2-4H,1H3,(H,14,15,16). The lowest BCUT2D eigenvalue weighted by atomic mass is 10.2. The van der Waals surface area contributed by atoms with E-state index in [1.54, 1.807) is 30.4 Å². The molecule has 0 aliphatic carbocycles. The average Bonchev–Trinajstić information content (AvgIpc) is 2.60. The molecular weight excluding hydrogens is 253 g/mol. The molecule has 2 aromatic rings. The van der Waals surface area contributed by atoms with Crippen molar-refractivity contribution in [3.8, 4) is 0 Å². The summed E-state index contributed by atoms with van der Waals surface area (Å²) in [6.45, 7) is 1.80. The first-order valence-corrected chi connectivity index (χ1v) is 5.44. The van der Waals surface area contributed by atoms with Gasteiger partial charge in [0.2, 0.25) is 0 Å². The number of alkyl halides is 3. The van der Waals surface area contributed by atoms with E-state index in [1.165, 1.54) is 0 Å². The van der Waals surface area contributed by atoms with Crippen LogP contribution in [0.2, 0.25) is 0 Å². The zero-order valence-electron chi connectivity index (χ0n) is 8.63. The molecule has 90 valence electrons. The van der Waals surface area contributed by atoms with Crippen LogP contribution in [-0.4, -0.2) is 17.1 Å². The van der Waals surface area contributed by atoms with E-state index in [2.05, 4.69) is 4.98 Å². The van der Waals surface area contributed by atoms with Gasteiger partial charge in [0.25, 0.3) is 0 Å². The number of anilines is 1. The molecule has 0 atom stereocenters. The second kappa shape index (κ2) is 3.99. The molecule has 1 amide bonds. The van der Waals surface area contributed by atoms with Gasteiger partial charge < -0.3 is 0 Å². The van der Waals surface area contributed by atoms with Gasteiger partial charge in [0.15, 0.2) is 5.13 Å². The molecule has 0 bridgehead atoms. The Morgan fingerprint density at radius 2 is 2.12 bits per heavy atom. The highest BCUT2D eigenvalue weighted by molar-refractivity contribution is 7.22. The van der Waals surface area contributed by atoms with Crippen LogP contribution < -0.4 is 5.32 Å². The molecule has 0 unspecified atom stereocenters. The first kappa shape index (κ1) is 11.8. The lowest BCUT2D eigenvalue weighted by Crippen LogP contribution is -2.29. The van der Waals surface area contributed by atoms with Gasteiger partial charge in [-0.2, -0.15) is 13.2 Å². The zero-order chi connectivity index (χ0) is 12.6. The number of hydrogen-bond donors (Lipinski definition) is 1. The summed E-state index contributed by atoms with van der Waals surface area (Å²) in [5, 5.41) is 1.70. The Morgan fingerprint density at radius 3 is 2.71 bits per heavy atom. The summed E-state index contributed by atoms with van der Waals surface area (Å²) in [5.74, 6) is -2.01. The number of carbonyl (C=O) groups is 1. The largest absolute Gasteiger partial charge is 0.471 e. The van der Waals surface area contributed by atoms with Crippen LogP contribution >= 0.6 is 11.3 Å². The zero-order valence-corrected chi connectivity index (χ0v) is 9.45. The second-order valence-corrected chi connectivity index (χ2v) is 4.42. The van der Waals surface area contributed by atoms with E-state index in [0.717, 1.165) is 21.6 Å². The number of fused-ring (bicyclic) bond motifs is 1. The van der Waals surface area contributed by atoms with Gasteiger partial charge in [-0.3, -0.25) is 10.1 Å². The summed E-state index contributed by atoms with van der Waals surface area (Å²) >= 11 is 1.01. The van der Waals surface area contributed by atoms with E-state index in [0.29, 0.717) is 5.52 Å². The Hall–Kier alpha value is -1.63. The van der Waals surface area contributed by atoms with Crippen LogP contribution in [0.5, 0.6) is 0 Å². The summed E-state index contributed by atoms with van der Waals surface area (Å²) in [7, 11) is 0. The van der Waals surface area contributed by atoms with E-state index in [1.807, 2.05) is 0 Å². The van der Waals surface area contributed by atoms with Crippen molar-refractivity contribution in [2.24, 2.45) is 0 Å². The third-order valence-corrected chi connectivity index (χ3v) is 3.03. The minimum atomic E-state index is -4.90. The lowest BCUT2D eigenvalue weighted by Gasteiger charge is -2.03. The predicted octanol–water partition coefficient (Wildman–Crippen LogP) is 3.11. The van der Waals surface area contributed by atoms with Crippen molar-refractivity contribution in [2.75, 3.05) is 5.32 Å². The molecule has 1 aromatic heterocycles. The Morgan fingerprint density at radius 1 is 1.41 bits per heavy atom. The van der Waals surface area contributed by atoms with E-state index in [9.17, 15) is 18.0 Å². The summed E-state index contributed by atoms with van der Waals surface area (Å²) in [6, 6.07) is 5.33. The van der Waals surface area contributed by atoms with Crippen LogP contribution in [0.1, 0.15) is 5.56 Å². The molecule has 0 aliphatic heterocycles. The smallest absolute Gasteiger partial charge is 0.294 e. The molecule has 0 saturated heterocycles. The number of para-hydroxylation sites is 1. The van der Waals surface area contributed by atoms with E-state index < -0.39 is 12.1 Å². The summed E-state index contributed by atoms with van der Waals surface area (Å²) in [5.41, 5.74) is 1.46. The third-order valence-electron chi connectivity index (χ3n) is 2.10. The van der Waals surface area contributed by atoms with Crippen molar-refractivity contribution in [3.05, 3.63) is 23.8 Å². The molecule has 0 saturated carbocycles. The van der Waals surface area contributed by atoms with Crippen molar-refractivity contribution in [2.45, 2.75) is 13.1 Å². The second-order valence-electron chi connectivity index (χ2n) is 3.39. The predicted molar refractivity (Wildman–Crippen MR) is 59.0 cm³/mol. The minimum absolute atomic E-state index is 0.0448. The molecule has 7 heteroatoms. The number of nitrogens with zero attached hydrogens (tertiary/aromatic N) is 1. The minimum Gasteiger partial charge on any atom is -0.294 e. The quantitative estimate of drug-likeness (QED) is 0.856. The topological polar surface area (TPSA) is 42.0 Å². The molecule has 17 heavy (non-hydrogen) atoms. The van der Waals surface area contributed by atoms with Crippen LogP contribution in [0.25, 0.3) is 10.2 Å². The normalized spacial score (nSPS) is 11.8. The number of hydrogen-bond acceptors (Lipinski definition) is 3. The number of halogens is 3. The highest BCUT2D eigenvalue weighted by Crippen LogP contribution is 2.29. The summed E-state index contributed by atoms with van der Waals surface area (Å²) in [4.78, 5) is 14.7. The van der Waals surface area contributed by atoms with Crippen molar-refractivity contribution in [1.29, 1.82) is 0 Å². The molecule has 2 rings (SSSR count). The number of rotatable bonds is 1. The van der Waals surface area contributed by atoms with Gasteiger partial charge in [-0.25, -0.2) is 4.98 Å². The highest BCUT2D eigenvalue weighted by Gasteiger charge is 2.39. The maximum absolute atomic E-state index is 12.0. The van der Waals surface area contributed by atoms with Crippen LogP contribution in [0.3, 0.4) is 0 Å². The van der Waals surface area contributed by atoms with Crippen LogP contribution in [0.15, 0.2) is 18.2 Å². The fourth-order valence-electron chi connectivity index (χ4n) is 1.31. The molecule has 1 aromatic carbocycles. The first-order chi connectivity index (χ1) is 7.88. The molecule has 1 N–H and O–H groups in total. The number of aromatic nitrogens is 1. The maximum atomic E-state index is 12.0. The Balaban J connectivity index is 2.32. The number of thiazole rings is 1. The number of aryl methyl sites for hydroxylation is 1. The van der Waals surface area contributed by atoms with Gasteiger partial charge >= 0.3 is 12.1 Å². The molecule has 1 heterocycles. The monoisotopic (exact) mass is 260 g/mol. The van der Waals surface area contributed by atoms with E-state index in [-0.39, 0.29) is 5.13 Å². The average molecular weight is 260 g/mol. The first-order valence-electron chi connectivity index (χ1n) is 4.62. The maximum Gasteiger partial charge on any atom is 0.471 e. The molecule has 3 nitrogen and oxygen atoms in total.